The predicted octanol–water partition coefficient (Wildman–Crippen LogP) is 4.70. The number of halogens is 1. The lowest BCUT2D eigenvalue weighted by atomic mass is 10.1. The summed E-state index contributed by atoms with van der Waals surface area (Å²) in [7, 11) is 0. The molecule has 1 aliphatic heterocycles. The molecule has 1 aliphatic rings. The van der Waals surface area contributed by atoms with E-state index in [1.54, 1.807) is 0 Å². The van der Waals surface area contributed by atoms with Gasteiger partial charge in [0.05, 0.1) is 5.02 Å². The fraction of sp³-hybridized carbons (Fsp3) is 0.526. The minimum absolute atomic E-state index is 0.0297. The highest BCUT2D eigenvalue weighted by Crippen LogP contribution is 2.31. The number of aryl methyl sites for hydroxylation is 1. The molecule has 0 radical (unpaired) electrons. The summed E-state index contributed by atoms with van der Waals surface area (Å²) < 4.78 is 2.17. The Labute approximate surface area is 153 Å². The number of carbonyl (C=O) groups excluding carboxylic acids is 1. The van der Waals surface area contributed by atoms with Gasteiger partial charge in [0, 0.05) is 30.6 Å². The minimum Gasteiger partial charge on any atom is -0.326 e. The SMILES string of the molecule is CC(C)CCC(=O)Nc1ccc(Cl)c(-c2nnc3n2CCCCC3)c1. The molecule has 134 valence electrons. The molecule has 1 aromatic carbocycles. The standard InChI is InChI=1S/C19H25ClN4O/c1-13(2)7-10-18(25)21-14-8-9-16(20)15(12-14)19-23-22-17-6-4-3-5-11-24(17)19/h8-9,12-13H,3-7,10-11H2,1-2H3,(H,21,25). The first-order chi connectivity index (χ1) is 12.0. The maximum Gasteiger partial charge on any atom is 0.224 e. The van der Waals surface area contributed by atoms with Crippen molar-refractivity contribution in [3.05, 3.63) is 29.0 Å². The first-order valence-electron chi connectivity index (χ1n) is 9.06. The summed E-state index contributed by atoms with van der Waals surface area (Å²) >= 11 is 6.42. The average Bonchev–Trinajstić information content (AvgIpc) is 2.83. The second-order valence-corrected chi connectivity index (χ2v) is 7.48. The summed E-state index contributed by atoms with van der Waals surface area (Å²) in [6.45, 7) is 5.15. The molecule has 2 heterocycles. The molecule has 1 N–H and O–H groups in total. The lowest BCUT2D eigenvalue weighted by Gasteiger charge is -2.11. The van der Waals surface area contributed by atoms with Crippen LogP contribution in [0.2, 0.25) is 5.02 Å². The van der Waals surface area contributed by atoms with E-state index in [2.05, 4.69) is 33.9 Å². The van der Waals surface area contributed by atoms with Crippen LogP contribution in [0.15, 0.2) is 18.2 Å². The van der Waals surface area contributed by atoms with E-state index in [1.807, 2.05) is 18.2 Å². The number of nitrogens with zero attached hydrogens (tertiary/aromatic N) is 3. The van der Waals surface area contributed by atoms with Gasteiger partial charge in [-0.15, -0.1) is 10.2 Å². The first kappa shape index (κ1) is 17.9. The van der Waals surface area contributed by atoms with Gasteiger partial charge in [0.15, 0.2) is 5.82 Å². The van der Waals surface area contributed by atoms with Crippen LogP contribution in [0.25, 0.3) is 11.4 Å². The highest BCUT2D eigenvalue weighted by atomic mass is 35.5. The third-order valence-electron chi connectivity index (χ3n) is 4.55. The van der Waals surface area contributed by atoms with Crippen LogP contribution in [-0.4, -0.2) is 20.7 Å². The lowest BCUT2D eigenvalue weighted by Crippen LogP contribution is -2.12. The lowest BCUT2D eigenvalue weighted by molar-refractivity contribution is -0.116. The molecule has 0 saturated carbocycles. The number of carbonyl (C=O) groups is 1. The van der Waals surface area contributed by atoms with Crippen molar-refractivity contribution in [1.29, 1.82) is 0 Å². The van der Waals surface area contributed by atoms with Crippen molar-refractivity contribution >= 4 is 23.2 Å². The van der Waals surface area contributed by atoms with Crippen molar-refractivity contribution in [2.24, 2.45) is 5.92 Å². The summed E-state index contributed by atoms with van der Waals surface area (Å²) in [4.78, 5) is 12.1. The number of hydrogen-bond donors (Lipinski definition) is 1. The highest BCUT2D eigenvalue weighted by Gasteiger charge is 2.18. The van der Waals surface area contributed by atoms with Gasteiger partial charge in [-0.3, -0.25) is 4.79 Å². The highest BCUT2D eigenvalue weighted by molar-refractivity contribution is 6.33. The van der Waals surface area contributed by atoms with Crippen LogP contribution in [0.1, 0.15) is 51.8 Å². The van der Waals surface area contributed by atoms with Crippen molar-refractivity contribution in [3.63, 3.8) is 0 Å². The number of anilines is 1. The fourth-order valence-electron chi connectivity index (χ4n) is 3.10. The van der Waals surface area contributed by atoms with E-state index in [9.17, 15) is 4.79 Å². The second-order valence-electron chi connectivity index (χ2n) is 7.08. The van der Waals surface area contributed by atoms with Crippen molar-refractivity contribution < 1.29 is 4.79 Å². The van der Waals surface area contributed by atoms with Crippen molar-refractivity contribution in [2.45, 2.75) is 58.9 Å². The summed E-state index contributed by atoms with van der Waals surface area (Å²) in [5.74, 6) is 2.36. The maximum atomic E-state index is 12.1. The van der Waals surface area contributed by atoms with E-state index in [0.29, 0.717) is 17.4 Å². The number of aromatic nitrogens is 3. The topological polar surface area (TPSA) is 59.8 Å². The zero-order chi connectivity index (χ0) is 17.8. The number of nitrogens with one attached hydrogen (secondary N) is 1. The Hall–Kier alpha value is -1.88. The number of hydrogen-bond acceptors (Lipinski definition) is 3. The fourth-order valence-corrected chi connectivity index (χ4v) is 3.30. The largest absolute Gasteiger partial charge is 0.326 e. The smallest absolute Gasteiger partial charge is 0.224 e. The average molecular weight is 361 g/mol. The van der Waals surface area contributed by atoms with Crippen LogP contribution in [0.3, 0.4) is 0 Å². The van der Waals surface area contributed by atoms with Gasteiger partial charge in [0.1, 0.15) is 5.82 Å². The van der Waals surface area contributed by atoms with E-state index in [4.69, 9.17) is 11.6 Å². The van der Waals surface area contributed by atoms with E-state index >= 15 is 0 Å². The summed E-state index contributed by atoms with van der Waals surface area (Å²) in [5, 5.41) is 12.3. The molecule has 2 aromatic rings. The molecule has 6 heteroatoms. The Bertz CT molecular complexity index is 754. The summed E-state index contributed by atoms with van der Waals surface area (Å²) in [6, 6.07) is 5.55. The van der Waals surface area contributed by atoms with Gasteiger partial charge < -0.3 is 9.88 Å². The summed E-state index contributed by atoms with van der Waals surface area (Å²) in [6.07, 6.45) is 5.84. The van der Waals surface area contributed by atoms with Gasteiger partial charge in [-0.25, -0.2) is 0 Å². The molecular weight excluding hydrogens is 336 g/mol. The van der Waals surface area contributed by atoms with Gasteiger partial charge in [-0.1, -0.05) is 31.9 Å². The minimum atomic E-state index is 0.0297. The normalized spacial score (nSPS) is 14.2. The Balaban J connectivity index is 1.83. The molecule has 0 aliphatic carbocycles. The molecular formula is C19H25ClN4O. The van der Waals surface area contributed by atoms with E-state index in [1.165, 1.54) is 6.42 Å². The van der Waals surface area contributed by atoms with Crippen LogP contribution in [-0.2, 0) is 17.8 Å². The third kappa shape index (κ3) is 4.40. The van der Waals surface area contributed by atoms with Crippen LogP contribution in [0.4, 0.5) is 5.69 Å². The Morgan fingerprint density at radius 1 is 1.28 bits per heavy atom. The molecule has 0 spiro atoms. The van der Waals surface area contributed by atoms with E-state index in [-0.39, 0.29) is 5.91 Å². The third-order valence-corrected chi connectivity index (χ3v) is 4.88. The number of benzene rings is 1. The Morgan fingerprint density at radius 2 is 2.12 bits per heavy atom. The van der Waals surface area contributed by atoms with Crippen LogP contribution in [0, 0.1) is 5.92 Å². The zero-order valence-corrected chi connectivity index (χ0v) is 15.6. The Morgan fingerprint density at radius 3 is 2.92 bits per heavy atom. The second kappa shape index (κ2) is 8.00. The molecule has 25 heavy (non-hydrogen) atoms. The van der Waals surface area contributed by atoms with Gasteiger partial charge in [0.25, 0.3) is 0 Å². The quantitative estimate of drug-likeness (QED) is 0.840. The van der Waals surface area contributed by atoms with Gasteiger partial charge in [0.2, 0.25) is 5.91 Å². The van der Waals surface area contributed by atoms with E-state index < -0.39 is 0 Å². The van der Waals surface area contributed by atoms with Crippen LogP contribution < -0.4 is 5.32 Å². The summed E-state index contributed by atoms with van der Waals surface area (Å²) in [5.41, 5.74) is 1.57. The van der Waals surface area contributed by atoms with Crippen LogP contribution >= 0.6 is 11.6 Å². The molecule has 1 aromatic heterocycles. The van der Waals surface area contributed by atoms with E-state index in [0.717, 1.165) is 55.1 Å². The van der Waals surface area contributed by atoms with Gasteiger partial charge in [-0.2, -0.15) is 0 Å². The van der Waals surface area contributed by atoms with Crippen molar-refractivity contribution in [3.8, 4) is 11.4 Å². The molecule has 0 fully saturated rings. The number of fused-ring (bicyclic) bond motifs is 1. The van der Waals surface area contributed by atoms with Gasteiger partial charge in [-0.05, 0) is 43.4 Å². The van der Waals surface area contributed by atoms with Gasteiger partial charge >= 0.3 is 0 Å². The van der Waals surface area contributed by atoms with Crippen LogP contribution in [0.5, 0.6) is 0 Å². The van der Waals surface area contributed by atoms with Crippen molar-refractivity contribution in [1.82, 2.24) is 14.8 Å². The molecule has 0 bridgehead atoms. The monoisotopic (exact) mass is 360 g/mol. The predicted molar refractivity (Wildman–Crippen MR) is 101 cm³/mol. The zero-order valence-electron chi connectivity index (χ0n) is 14.9. The molecule has 0 unspecified atom stereocenters. The maximum absolute atomic E-state index is 12.1. The van der Waals surface area contributed by atoms with Crippen molar-refractivity contribution in [2.75, 3.05) is 5.32 Å². The molecule has 0 atom stereocenters. The molecule has 5 nitrogen and oxygen atoms in total. The number of amides is 1. The Kier molecular flexibility index (Phi) is 5.74. The first-order valence-corrected chi connectivity index (χ1v) is 9.44. The molecule has 3 rings (SSSR count). The molecule has 1 amide bonds. The molecule has 0 saturated heterocycles. The number of rotatable bonds is 5.